The summed E-state index contributed by atoms with van der Waals surface area (Å²) in [5.41, 5.74) is 2.59. The summed E-state index contributed by atoms with van der Waals surface area (Å²) in [6.45, 7) is 3.69. The zero-order valence-corrected chi connectivity index (χ0v) is 8.56. The van der Waals surface area contributed by atoms with Gasteiger partial charge in [-0.1, -0.05) is 36.9 Å². The van der Waals surface area contributed by atoms with Crippen LogP contribution in [0.25, 0.3) is 6.08 Å². The third-order valence-electron chi connectivity index (χ3n) is 1.50. The van der Waals surface area contributed by atoms with E-state index in [0.29, 0.717) is 0 Å². The minimum Gasteiger partial charge on any atom is -1.00 e. The summed E-state index contributed by atoms with van der Waals surface area (Å²) in [6, 6.07) is 8.47. The quantitative estimate of drug-likeness (QED) is 0.544. The standard InChI is InChI=1S/C9H11P.ClH/c1-2-8-3-5-9(7-10)6-4-8;/h2-6H,1,7,10H2;1H. The summed E-state index contributed by atoms with van der Waals surface area (Å²) in [5.74, 6) is 0. The Bertz CT molecular complexity index is 216. The molecule has 0 bridgehead atoms. The molecule has 1 atom stereocenters. The van der Waals surface area contributed by atoms with Crippen molar-refractivity contribution in [2.24, 2.45) is 0 Å². The molecule has 0 saturated heterocycles. The van der Waals surface area contributed by atoms with E-state index in [1.807, 2.05) is 15.3 Å². The first kappa shape index (κ1) is 10.7. The SMILES string of the molecule is C=Cc1ccc(C[PH3+])cc1.[Cl-]. The fourth-order valence-corrected chi connectivity index (χ4v) is 1.15. The lowest BCUT2D eigenvalue weighted by atomic mass is 10.1. The van der Waals surface area contributed by atoms with Crippen molar-refractivity contribution >= 4 is 15.3 Å². The Morgan fingerprint density at radius 3 is 2.18 bits per heavy atom. The van der Waals surface area contributed by atoms with Crippen molar-refractivity contribution in [3.63, 3.8) is 0 Å². The molecule has 0 fully saturated rings. The molecule has 1 unspecified atom stereocenters. The van der Waals surface area contributed by atoms with Gasteiger partial charge in [-0.05, 0) is 20.4 Å². The number of rotatable bonds is 2. The Morgan fingerprint density at radius 2 is 1.82 bits per heavy atom. The topological polar surface area (TPSA) is 0 Å². The van der Waals surface area contributed by atoms with Crippen LogP contribution < -0.4 is 12.4 Å². The fourth-order valence-electron chi connectivity index (χ4n) is 0.820. The van der Waals surface area contributed by atoms with Gasteiger partial charge in [0.05, 0.1) is 6.16 Å². The highest BCUT2D eigenvalue weighted by Gasteiger charge is 1.88. The average molecular weight is 187 g/mol. The van der Waals surface area contributed by atoms with Crippen molar-refractivity contribution in [3.8, 4) is 0 Å². The lowest BCUT2D eigenvalue weighted by Crippen LogP contribution is -3.00. The van der Waals surface area contributed by atoms with Crippen molar-refractivity contribution < 1.29 is 12.4 Å². The molecule has 0 aliphatic carbocycles. The van der Waals surface area contributed by atoms with Crippen molar-refractivity contribution in [2.45, 2.75) is 6.16 Å². The van der Waals surface area contributed by atoms with Crippen molar-refractivity contribution in [2.75, 3.05) is 0 Å². The predicted octanol–water partition coefficient (Wildman–Crippen LogP) is -0.559. The van der Waals surface area contributed by atoms with Gasteiger partial charge >= 0.3 is 0 Å². The van der Waals surface area contributed by atoms with Crippen LogP contribution in [-0.2, 0) is 6.16 Å². The van der Waals surface area contributed by atoms with Crippen molar-refractivity contribution in [3.05, 3.63) is 42.0 Å². The molecule has 1 aromatic carbocycles. The summed E-state index contributed by atoms with van der Waals surface area (Å²) >= 11 is 0. The summed E-state index contributed by atoms with van der Waals surface area (Å²) in [5, 5.41) is 0. The van der Waals surface area contributed by atoms with Crippen LogP contribution in [0.1, 0.15) is 11.1 Å². The van der Waals surface area contributed by atoms with E-state index in [4.69, 9.17) is 0 Å². The number of halogens is 1. The zero-order chi connectivity index (χ0) is 7.40. The van der Waals surface area contributed by atoms with Crippen molar-refractivity contribution in [1.29, 1.82) is 0 Å². The smallest absolute Gasteiger partial charge is 0.0774 e. The van der Waals surface area contributed by atoms with E-state index in [1.54, 1.807) is 0 Å². The van der Waals surface area contributed by atoms with Crippen molar-refractivity contribution in [1.82, 2.24) is 0 Å². The van der Waals surface area contributed by atoms with Gasteiger partial charge in [0.15, 0.2) is 0 Å². The number of hydrogen-bond acceptors (Lipinski definition) is 0. The van der Waals surface area contributed by atoms with Gasteiger partial charge in [0, 0.05) is 0 Å². The van der Waals surface area contributed by atoms with Gasteiger partial charge in [0.1, 0.15) is 0 Å². The Labute approximate surface area is 76.3 Å². The Kier molecular flexibility index (Phi) is 5.19. The molecule has 0 radical (unpaired) electrons. The van der Waals surface area contributed by atoms with E-state index in [9.17, 15) is 0 Å². The first-order valence-corrected chi connectivity index (χ1v) is 4.37. The Morgan fingerprint density at radius 1 is 1.27 bits per heavy atom. The molecule has 0 aliphatic heterocycles. The molecular weight excluding hydrogens is 175 g/mol. The van der Waals surface area contributed by atoms with E-state index in [-0.39, 0.29) is 12.4 Å². The van der Waals surface area contributed by atoms with Crippen LogP contribution in [0.5, 0.6) is 0 Å². The lowest BCUT2D eigenvalue weighted by molar-refractivity contribution is -0.00000193. The summed E-state index contributed by atoms with van der Waals surface area (Å²) in [4.78, 5) is 0. The normalized spacial score (nSPS) is 8.73. The van der Waals surface area contributed by atoms with Gasteiger partial charge in [0.25, 0.3) is 0 Å². The van der Waals surface area contributed by atoms with Gasteiger partial charge in [-0.15, -0.1) is 0 Å². The highest BCUT2D eigenvalue weighted by Crippen LogP contribution is 2.08. The summed E-state index contributed by atoms with van der Waals surface area (Å²) in [6.07, 6.45) is 3.00. The van der Waals surface area contributed by atoms with Crippen LogP contribution in [0.3, 0.4) is 0 Å². The van der Waals surface area contributed by atoms with E-state index in [1.165, 1.54) is 11.1 Å². The van der Waals surface area contributed by atoms with E-state index in [0.717, 1.165) is 6.16 Å². The molecule has 1 rings (SSSR count). The molecule has 0 N–H and O–H groups in total. The second kappa shape index (κ2) is 5.35. The van der Waals surface area contributed by atoms with E-state index >= 15 is 0 Å². The van der Waals surface area contributed by atoms with Gasteiger partial charge in [0.2, 0.25) is 0 Å². The molecule has 60 valence electrons. The molecule has 2 heteroatoms. The molecule has 0 spiro atoms. The number of hydrogen-bond donors (Lipinski definition) is 0. The Balaban J connectivity index is 0.000001000. The summed E-state index contributed by atoms with van der Waals surface area (Å²) < 4.78 is 0. The highest BCUT2D eigenvalue weighted by molar-refractivity contribution is 7.15. The largest absolute Gasteiger partial charge is 1.00 e. The van der Waals surface area contributed by atoms with Crippen LogP contribution in [0.2, 0.25) is 0 Å². The maximum absolute atomic E-state index is 3.69. The maximum Gasteiger partial charge on any atom is 0.0774 e. The van der Waals surface area contributed by atoms with E-state index in [2.05, 4.69) is 30.8 Å². The predicted molar refractivity (Wildman–Crippen MR) is 51.3 cm³/mol. The van der Waals surface area contributed by atoms with Gasteiger partial charge in [-0.3, -0.25) is 0 Å². The van der Waals surface area contributed by atoms with Gasteiger partial charge in [-0.2, -0.15) is 0 Å². The lowest BCUT2D eigenvalue weighted by Gasteiger charge is -1.93. The first-order valence-electron chi connectivity index (χ1n) is 3.37. The molecule has 0 saturated carbocycles. The van der Waals surface area contributed by atoms with Crippen LogP contribution in [0.4, 0.5) is 0 Å². The zero-order valence-electron chi connectivity index (χ0n) is 6.39. The van der Waals surface area contributed by atoms with Crippen LogP contribution >= 0.6 is 9.24 Å². The molecule has 0 nitrogen and oxygen atoms in total. The Hall–Kier alpha value is -0.320. The molecular formula is C9H12ClP. The third kappa shape index (κ3) is 3.05. The molecule has 0 amide bonds. The second-order valence-corrected chi connectivity index (χ2v) is 2.70. The molecule has 11 heavy (non-hydrogen) atoms. The summed E-state index contributed by atoms with van der Waals surface area (Å²) in [7, 11) is 1.97. The van der Waals surface area contributed by atoms with E-state index < -0.39 is 0 Å². The van der Waals surface area contributed by atoms with Crippen LogP contribution in [0, 0.1) is 0 Å². The van der Waals surface area contributed by atoms with Crippen LogP contribution in [0.15, 0.2) is 30.8 Å². The minimum atomic E-state index is 0. The fraction of sp³-hybridized carbons (Fsp3) is 0.111. The van der Waals surface area contributed by atoms with Gasteiger partial charge < -0.3 is 12.4 Å². The van der Waals surface area contributed by atoms with Crippen LogP contribution in [-0.4, -0.2) is 0 Å². The maximum atomic E-state index is 3.69. The molecule has 0 aliphatic rings. The number of benzene rings is 1. The monoisotopic (exact) mass is 186 g/mol. The van der Waals surface area contributed by atoms with Gasteiger partial charge in [-0.25, -0.2) is 0 Å². The molecule has 1 aromatic rings. The first-order chi connectivity index (χ1) is 4.86. The molecule has 0 heterocycles. The molecule has 0 aromatic heterocycles. The highest BCUT2D eigenvalue weighted by atomic mass is 35.5. The second-order valence-electron chi connectivity index (χ2n) is 2.20. The average Bonchev–Trinajstić information content (AvgIpc) is 2.05. The minimum absolute atomic E-state index is 0. The third-order valence-corrected chi connectivity index (χ3v) is 2.08.